The molecule has 1 amide bonds. The summed E-state index contributed by atoms with van der Waals surface area (Å²) in [6.45, 7) is 5.53. The molecular formula is C11H15NOS. The van der Waals surface area contributed by atoms with Crippen molar-refractivity contribution in [3.8, 4) is 0 Å². The van der Waals surface area contributed by atoms with E-state index in [1.54, 1.807) is 0 Å². The molecule has 0 radical (unpaired) electrons. The molecule has 0 aromatic heterocycles. The van der Waals surface area contributed by atoms with Crippen molar-refractivity contribution in [3.63, 3.8) is 0 Å². The molecule has 0 atom stereocenters. The minimum Gasteiger partial charge on any atom is -0.334 e. The third kappa shape index (κ3) is 3.07. The third-order valence-corrected chi connectivity index (χ3v) is 2.91. The molecule has 0 spiro atoms. The van der Waals surface area contributed by atoms with Crippen LogP contribution in [0.2, 0.25) is 0 Å². The highest BCUT2D eigenvalue weighted by molar-refractivity contribution is 8.13. The molecule has 3 heteroatoms. The maximum atomic E-state index is 11.7. The van der Waals surface area contributed by atoms with E-state index in [-0.39, 0.29) is 5.24 Å². The topological polar surface area (TPSA) is 20.3 Å². The Kier molecular flexibility index (Phi) is 4.53. The smallest absolute Gasteiger partial charge is 0.286 e. The second-order valence-electron chi connectivity index (χ2n) is 2.85. The van der Waals surface area contributed by atoms with Crippen LogP contribution in [0.1, 0.15) is 13.8 Å². The molecule has 2 nitrogen and oxygen atoms in total. The number of hydrogen-bond donors (Lipinski definition) is 0. The van der Waals surface area contributed by atoms with Crippen molar-refractivity contribution in [3.05, 3.63) is 30.3 Å². The third-order valence-electron chi connectivity index (χ3n) is 1.97. The van der Waals surface area contributed by atoms with E-state index in [9.17, 15) is 4.79 Å². The van der Waals surface area contributed by atoms with Crippen LogP contribution in [0.4, 0.5) is 4.79 Å². The highest BCUT2D eigenvalue weighted by atomic mass is 32.2. The normalized spacial score (nSPS) is 9.86. The van der Waals surface area contributed by atoms with Gasteiger partial charge in [-0.3, -0.25) is 4.79 Å². The highest BCUT2D eigenvalue weighted by Gasteiger charge is 2.10. The molecule has 0 aliphatic carbocycles. The van der Waals surface area contributed by atoms with Crippen LogP contribution >= 0.6 is 11.8 Å². The van der Waals surface area contributed by atoms with Gasteiger partial charge in [0.25, 0.3) is 5.24 Å². The van der Waals surface area contributed by atoms with E-state index in [1.807, 2.05) is 49.1 Å². The Hall–Kier alpha value is -0.960. The molecule has 76 valence electrons. The van der Waals surface area contributed by atoms with E-state index in [0.717, 1.165) is 18.0 Å². The lowest BCUT2D eigenvalue weighted by Gasteiger charge is -2.17. The largest absolute Gasteiger partial charge is 0.334 e. The summed E-state index contributed by atoms with van der Waals surface area (Å²) < 4.78 is 0. The van der Waals surface area contributed by atoms with Gasteiger partial charge in [0.15, 0.2) is 0 Å². The van der Waals surface area contributed by atoms with Crippen LogP contribution in [0.15, 0.2) is 35.2 Å². The summed E-state index contributed by atoms with van der Waals surface area (Å²) in [7, 11) is 0. The van der Waals surface area contributed by atoms with E-state index in [4.69, 9.17) is 0 Å². The number of thioether (sulfide) groups is 1. The molecule has 1 aromatic rings. The average Bonchev–Trinajstić information content (AvgIpc) is 2.21. The molecule has 0 saturated carbocycles. The average molecular weight is 209 g/mol. The summed E-state index contributed by atoms with van der Waals surface area (Å²) >= 11 is 1.29. The predicted molar refractivity (Wildman–Crippen MR) is 60.6 cm³/mol. The molecular weight excluding hydrogens is 194 g/mol. The summed E-state index contributed by atoms with van der Waals surface area (Å²) in [6, 6.07) is 9.74. The summed E-state index contributed by atoms with van der Waals surface area (Å²) in [5.74, 6) is 0. The Morgan fingerprint density at radius 1 is 1.21 bits per heavy atom. The minimum atomic E-state index is 0.126. The molecule has 1 rings (SSSR count). The summed E-state index contributed by atoms with van der Waals surface area (Å²) in [6.07, 6.45) is 0. The zero-order valence-electron chi connectivity index (χ0n) is 8.56. The Morgan fingerprint density at radius 3 is 2.29 bits per heavy atom. The Labute approximate surface area is 89.3 Å². The first-order valence-corrected chi connectivity index (χ1v) is 5.61. The van der Waals surface area contributed by atoms with Crippen LogP contribution in [0.25, 0.3) is 0 Å². The maximum absolute atomic E-state index is 11.7. The van der Waals surface area contributed by atoms with Gasteiger partial charge in [0.05, 0.1) is 0 Å². The molecule has 0 saturated heterocycles. The quantitative estimate of drug-likeness (QED) is 0.712. The zero-order valence-corrected chi connectivity index (χ0v) is 9.38. The van der Waals surface area contributed by atoms with Crippen molar-refractivity contribution in [2.24, 2.45) is 0 Å². The first kappa shape index (κ1) is 11.1. The Balaban J connectivity index is 2.57. The van der Waals surface area contributed by atoms with Crippen molar-refractivity contribution in [1.29, 1.82) is 0 Å². The van der Waals surface area contributed by atoms with Crippen LogP contribution in [0, 0.1) is 0 Å². The number of benzene rings is 1. The molecule has 0 heterocycles. The van der Waals surface area contributed by atoms with Crippen molar-refractivity contribution < 1.29 is 4.79 Å². The van der Waals surface area contributed by atoms with Gasteiger partial charge in [-0.1, -0.05) is 18.2 Å². The van der Waals surface area contributed by atoms with Crippen LogP contribution in [0.5, 0.6) is 0 Å². The van der Waals surface area contributed by atoms with E-state index >= 15 is 0 Å². The van der Waals surface area contributed by atoms with Gasteiger partial charge >= 0.3 is 0 Å². The Morgan fingerprint density at radius 2 is 1.79 bits per heavy atom. The van der Waals surface area contributed by atoms with Gasteiger partial charge in [-0.2, -0.15) is 0 Å². The SMILES string of the molecule is CCN(CC)C(=O)Sc1ccccc1. The lowest BCUT2D eigenvalue weighted by atomic mass is 10.4. The van der Waals surface area contributed by atoms with Gasteiger partial charge in [-0.15, -0.1) is 0 Å². The zero-order chi connectivity index (χ0) is 10.4. The number of amides is 1. The molecule has 0 aliphatic rings. The first-order chi connectivity index (χ1) is 6.77. The standard InChI is InChI=1S/C11H15NOS/c1-3-12(4-2)11(13)14-10-8-6-5-7-9-10/h5-9H,3-4H2,1-2H3. The fourth-order valence-electron chi connectivity index (χ4n) is 1.14. The van der Waals surface area contributed by atoms with Gasteiger partial charge in [0, 0.05) is 18.0 Å². The van der Waals surface area contributed by atoms with Crippen molar-refractivity contribution in [2.45, 2.75) is 18.7 Å². The monoisotopic (exact) mass is 209 g/mol. The van der Waals surface area contributed by atoms with Crippen molar-refractivity contribution >= 4 is 17.0 Å². The van der Waals surface area contributed by atoms with E-state index in [2.05, 4.69) is 0 Å². The van der Waals surface area contributed by atoms with Gasteiger partial charge < -0.3 is 4.90 Å². The lowest BCUT2D eigenvalue weighted by molar-refractivity contribution is 0.228. The van der Waals surface area contributed by atoms with E-state index in [0.29, 0.717) is 0 Å². The molecule has 1 aromatic carbocycles. The number of rotatable bonds is 3. The van der Waals surface area contributed by atoms with Gasteiger partial charge in [0.1, 0.15) is 0 Å². The van der Waals surface area contributed by atoms with Gasteiger partial charge in [0.2, 0.25) is 0 Å². The number of carbonyl (C=O) groups excluding carboxylic acids is 1. The number of carbonyl (C=O) groups is 1. The van der Waals surface area contributed by atoms with Crippen LogP contribution < -0.4 is 0 Å². The van der Waals surface area contributed by atoms with Crippen molar-refractivity contribution in [1.82, 2.24) is 4.90 Å². The molecule has 0 fully saturated rings. The second kappa shape index (κ2) is 5.70. The lowest BCUT2D eigenvalue weighted by Crippen LogP contribution is -2.26. The second-order valence-corrected chi connectivity index (χ2v) is 3.88. The fourth-order valence-corrected chi connectivity index (χ4v) is 2.02. The summed E-state index contributed by atoms with van der Waals surface area (Å²) in [5, 5.41) is 0.126. The maximum Gasteiger partial charge on any atom is 0.286 e. The summed E-state index contributed by atoms with van der Waals surface area (Å²) in [4.78, 5) is 14.5. The van der Waals surface area contributed by atoms with Crippen LogP contribution in [-0.4, -0.2) is 23.2 Å². The number of hydrogen-bond acceptors (Lipinski definition) is 2. The van der Waals surface area contributed by atoms with Gasteiger partial charge in [-0.25, -0.2) is 0 Å². The van der Waals surface area contributed by atoms with Crippen molar-refractivity contribution in [2.75, 3.05) is 13.1 Å². The molecule has 0 bridgehead atoms. The van der Waals surface area contributed by atoms with E-state index < -0.39 is 0 Å². The summed E-state index contributed by atoms with van der Waals surface area (Å²) in [5.41, 5.74) is 0. The highest BCUT2D eigenvalue weighted by Crippen LogP contribution is 2.20. The van der Waals surface area contributed by atoms with Crippen LogP contribution in [0.3, 0.4) is 0 Å². The molecule has 0 aliphatic heterocycles. The molecule has 14 heavy (non-hydrogen) atoms. The Bertz CT molecular complexity index is 283. The first-order valence-electron chi connectivity index (χ1n) is 4.79. The fraction of sp³-hybridized carbons (Fsp3) is 0.364. The predicted octanol–water partition coefficient (Wildman–Crippen LogP) is 3.24. The minimum absolute atomic E-state index is 0.126. The molecule has 0 N–H and O–H groups in total. The number of nitrogens with zero attached hydrogens (tertiary/aromatic N) is 1. The van der Waals surface area contributed by atoms with Crippen LogP contribution in [-0.2, 0) is 0 Å². The van der Waals surface area contributed by atoms with Gasteiger partial charge in [-0.05, 0) is 37.7 Å². The van der Waals surface area contributed by atoms with E-state index in [1.165, 1.54) is 11.8 Å². The molecule has 0 unspecified atom stereocenters.